The maximum absolute atomic E-state index is 12.0. The Morgan fingerprint density at radius 2 is 1.76 bits per heavy atom. The van der Waals surface area contributed by atoms with Crippen molar-refractivity contribution in [3.8, 4) is 0 Å². The summed E-state index contributed by atoms with van der Waals surface area (Å²) in [7, 11) is 4.01. The van der Waals surface area contributed by atoms with Gasteiger partial charge in [-0.05, 0) is 25.4 Å². The summed E-state index contributed by atoms with van der Waals surface area (Å²) >= 11 is 0. The molecule has 0 fully saturated rings. The average molecular weight is 243 g/mol. The van der Waals surface area contributed by atoms with Crippen molar-refractivity contribution in [2.24, 2.45) is 17.1 Å². The van der Waals surface area contributed by atoms with Crippen molar-refractivity contribution in [1.29, 1.82) is 0 Å². The van der Waals surface area contributed by atoms with Crippen LogP contribution in [0.2, 0.25) is 0 Å². The number of carbonyl (C=O) groups excluding carboxylic acids is 1. The summed E-state index contributed by atoms with van der Waals surface area (Å²) in [5.41, 5.74) is 5.74. The highest BCUT2D eigenvalue weighted by Gasteiger charge is 2.29. The van der Waals surface area contributed by atoms with Crippen LogP contribution in [0.15, 0.2) is 0 Å². The maximum atomic E-state index is 12.0. The molecule has 0 aliphatic heterocycles. The Kier molecular flexibility index (Phi) is 6.13. The van der Waals surface area contributed by atoms with Gasteiger partial charge in [-0.1, -0.05) is 34.6 Å². The molecule has 4 heteroatoms. The van der Waals surface area contributed by atoms with Crippen molar-refractivity contribution in [2.45, 2.75) is 46.7 Å². The zero-order valence-corrected chi connectivity index (χ0v) is 12.4. The minimum atomic E-state index is -0.467. The van der Waals surface area contributed by atoms with E-state index in [1.54, 1.807) is 0 Å². The topological polar surface area (TPSA) is 58.4 Å². The summed E-state index contributed by atoms with van der Waals surface area (Å²) in [4.78, 5) is 14.1. The fourth-order valence-electron chi connectivity index (χ4n) is 1.48. The molecule has 0 spiro atoms. The zero-order chi connectivity index (χ0) is 13.8. The van der Waals surface area contributed by atoms with Crippen LogP contribution >= 0.6 is 0 Å². The van der Waals surface area contributed by atoms with Crippen LogP contribution in [0.1, 0.15) is 34.6 Å². The van der Waals surface area contributed by atoms with E-state index in [9.17, 15) is 4.79 Å². The third kappa shape index (κ3) is 6.03. The number of rotatable bonds is 5. The van der Waals surface area contributed by atoms with Crippen LogP contribution in [-0.4, -0.2) is 43.5 Å². The minimum Gasteiger partial charge on any atom is -0.350 e. The third-order valence-corrected chi connectivity index (χ3v) is 2.91. The summed E-state index contributed by atoms with van der Waals surface area (Å²) in [6.07, 6.45) is 0. The molecule has 1 amide bonds. The molecule has 2 atom stereocenters. The normalized spacial score (nSPS) is 16.1. The van der Waals surface area contributed by atoms with Crippen LogP contribution in [0, 0.1) is 11.3 Å². The monoisotopic (exact) mass is 243 g/mol. The summed E-state index contributed by atoms with van der Waals surface area (Å²) < 4.78 is 0. The van der Waals surface area contributed by atoms with E-state index in [0.717, 1.165) is 6.54 Å². The number of hydrogen-bond donors (Lipinski definition) is 2. The first-order chi connectivity index (χ1) is 7.55. The number of likely N-dealkylation sites (N-methyl/N-ethyl adjacent to an activating group) is 1. The predicted molar refractivity (Wildman–Crippen MR) is 72.8 cm³/mol. The Bertz CT molecular complexity index is 244. The first kappa shape index (κ1) is 16.4. The molecular weight excluding hydrogens is 214 g/mol. The Morgan fingerprint density at radius 1 is 1.29 bits per heavy atom. The highest BCUT2D eigenvalue weighted by Crippen LogP contribution is 2.17. The number of carbonyl (C=O) groups is 1. The lowest BCUT2D eigenvalue weighted by molar-refractivity contribution is -0.125. The molecule has 4 nitrogen and oxygen atoms in total. The first-order valence-electron chi connectivity index (χ1n) is 6.26. The molecule has 0 aliphatic carbocycles. The molecule has 0 aromatic carbocycles. The number of amides is 1. The van der Waals surface area contributed by atoms with Crippen molar-refractivity contribution < 1.29 is 4.79 Å². The Balaban J connectivity index is 4.51. The second-order valence-corrected chi connectivity index (χ2v) is 6.47. The van der Waals surface area contributed by atoms with Gasteiger partial charge in [0.1, 0.15) is 0 Å². The van der Waals surface area contributed by atoms with E-state index in [4.69, 9.17) is 5.73 Å². The second kappa shape index (κ2) is 6.36. The molecule has 0 aromatic rings. The highest BCUT2D eigenvalue weighted by atomic mass is 16.2. The SMILES string of the molecule is CC(C)C(CN(C)C)NC(=O)[C@@H](N)C(C)(C)C. The minimum absolute atomic E-state index is 0.0574. The van der Waals surface area contributed by atoms with Gasteiger partial charge < -0.3 is 16.0 Å². The van der Waals surface area contributed by atoms with Gasteiger partial charge in [0, 0.05) is 12.6 Å². The molecule has 0 radical (unpaired) electrons. The van der Waals surface area contributed by atoms with Gasteiger partial charge in [-0.25, -0.2) is 0 Å². The van der Waals surface area contributed by atoms with Gasteiger partial charge in [-0.3, -0.25) is 4.79 Å². The molecule has 0 aromatic heterocycles. The fraction of sp³-hybridized carbons (Fsp3) is 0.923. The summed E-state index contributed by atoms with van der Waals surface area (Å²) in [6.45, 7) is 11.0. The third-order valence-electron chi connectivity index (χ3n) is 2.91. The predicted octanol–water partition coefficient (Wildman–Crippen LogP) is 1.06. The summed E-state index contributed by atoms with van der Waals surface area (Å²) in [5.74, 6) is 0.339. The molecule has 0 saturated carbocycles. The number of nitrogens with two attached hydrogens (primary N) is 1. The fourth-order valence-corrected chi connectivity index (χ4v) is 1.48. The van der Waals surface area contributed by atoms with E-state index >= 15 is 0 Å². The van der Waals surface area contributed by atoms with E-state index < -0.39 is 6.04 Å². The number of nitrogens with zero attached hydrogens (tertiary/aromatic N) is 1. The van der Waals surface area contributed by atoms with E-state index in [1.165, 1.54) is 0 Å². The molecule has 0 bridgehead atoms. The molecule has 17 heavy (non-hydrogen) atoms. The second-order valence-electron chi connectivity index (χ2n) is 6.47. The van der Waals surface area contributed by atoms with Gasteiger partial charge in [0.25, 0.3) is 0 Å². The molecule has 102 valence electrons. The Labute approximate surface area is 106 Å². The molecule has 0 heterocycles. The molecule has 3 N–H and O–H groups in total. The molecule has 0 rings (SSSR count). The Hall–Kier alpha value is -0.610. The van der Waals surface area contributed by atoms with Crippen LogP contribution in [-0.2, 0) is 4.79 Å². The summed E-state index contributed by atoms with van der Waals surface area (Å²) in [5, 5.41) is 3.05. The van der Waals surface area contributed by atoms with Gasteiger partial charge in [-0.2, -0.15) is 0 Å². The number of hydrogen-bond acceptors (Lipinski definition) is 3. The smallest absolute Gasteiger partial charge is 0.237 e. The van der Waals surface area contributed by atoms with Crippen LogP contribution in [0.4, 0.5) is 0 Å². The van der Waals surface area contributed by atoms with Crippen LogP contribution < -0.4 is 11.1 Å². The van der Waals surface area contributed by atoms with E-state index in [1.807, 2.05) is 34.9 Å². The van der Waals surface area contributed by atoms with Crippen molar-refractivity contribution in [1.82, 2.24) is 10.2 Å². The van der Waals surface area contributed by atoms with Gasteiger partial charge in [0.15, 0.2) is 0 Å². The van der Waals surface area contributed by atoms with Crippen LogP contribution in [0.3, 0.4) is 0 Å². The lowest BCUT2D eigenvalue weighted by Crippen LogP contribution is -2.54. The van der Waals surface area contributed by atoms with Crippen LogP contribution in [0.25, 0.3) is 0 Å². The van der Waals surface area contributed by atoms with E-state index in [2.05, 4.69) is 24.1 Å². The van der Waals surface area contributed by atoms with Gasteiger partial charge in [0.2, 0.25) is 5.91 Å². The molecular formula is C13H29N3O. The van der Waals surface area contributed by atoms with Gasteiger partial charge in [0.05, 0.1) is 6.04 Å². The maximum Gasteiger partial charge on any atom is 0.237 e. The van der Waals surface area contributed by atoms with E-state index in [-0.39, 0.29) is 17.4 Å². The van der Waals surface area contributed by atoms with E-state index in [0.29, 0.717) is 5.92 Å². The molecule has 0 aliphatic rings. The lowest BCUT2D eigenvalue weighted by atomic mass is 9.86. The highest BCUT2D eigenvalue weighted by molar-refractivity contribution is 5.82. The van der Waals surface area contributed by atoms with Crippen LogP contribution in [0.5, 0.6) is 0 Å². The van der Waals surface area contributed by atoms with Crippen molar-refractivity contribution in [3.05, 3.63) is 0 Å². The number of nitrogens with one attached hydrogen (secondary N) is 1. The summed E-state index contributed by atoms with van der Waals surface area (Å²) in [6, 6.07) is -0.322. The molecule has 0 saturated heterocycles. The first-order valence-corrected chi connectivity index (χ1v) is 6.26. The quantitative estimate of drug-likeness (QED) is 0.759. The molecule has 1 unspecified atom stereocenters. The van der Waals surface area contributed by atoms with Crippen molar-refractivity contribution >= 4 is 5.91 Å². The Morgan fingerprint density at radius 3 is 2.06 bits per heavy atom. The lowest BCUT2D eigenvalue weighted by Gasteiger charge is -2.31. The largest absolute Gasteiger partial charge is 0.350 e. The van der Waals surface area contributed by atoms with Crippen molar-refractivity contribution in [3.63, 3.8) is 0 Å². The standard InChI is InChI=1S/C13H29N3O/c1-9(2)10(8-16(6)7)15-12(17)11(14)13(3,4)5/h9-11H,8,14H2,1-7H3,(H,15,17)/t10?,11-/m1/s1. The zero-order valence-electron chi connectivity index (χ0n) is 12.4. The average Bonchev–Trinajstić information content (AvgIpc) is 2.13. The van der Waals surface area contributed by atoms with Crippen molar-refractivity contribution in [2.75, 3.05) is 20.6 Å². The van der Waals surface area contributed by atoms with Gasteiger partial charge in [-0.15, -0.1) is 0 Å². The van der Waals surface area contributed by atoms with Gasteiger partial charge >= 0.3 is 0 Å².